The molecule has 2 heterocycles. The molecule has 142 valence electrons. The predicted octanol–water partition coefficient (Wildman–Crippen LogP) is 5.01. The van der Waals surface area contributed by atoms with E-state index in [1.807, 2.05) is 24.3 Å². The van der Waals surface area contributed by atoms with Gasteiger partial charge in [0, 0.05) is 21.6 Å². The van der Waals surface area contributed by atoms with E-state index in [1.54, 1.807) is 18.2 Å². The molecule has 5 nitrogen and oxygen atoms in total. The molecule has 0 radical (unpaired) electrons. The van der Waals surface area contributed by atoms with Gasteiger partial charge in [0.2, 0.25) is 0 Å². The summed E-state index contributed by atoms with van der Waals surface area (Å²) < 4.78 is 16.0. The Kier molecular flexibility index (Phi) is 5.07. The number of rotatable bonds is 5. The largest absolute Gasteiger partial charge is 0.495 e. The van der Waals surface area contributed by atoms with Gasteiger partial charge in [-0.1, -0.05) is 23.7 Å². The van der Waals surface area contributed by atoms with Crippen molar-refractivity contribution < 1.29 is 23.8 Å². The number of para-hydroxylation sites is 1. The maximum atomic E-state index is 12.4. The summed E-state index contributed by atoms with van der Waals surface area (Å²) in [7, 11) is 1.49. The van der Waals surface area contributed by atoms with Crippen molar-refractivity contribution in [1.29, 1.82) is 0 Å². The number of methoxy groups -OCH3 is 1. The van der Waals surface area contributed by atoms with Crippen LogP contribution in [-0.4, -0.2) is 25.5 Å². The second kappa shape index (κ2) is 7.66. The van der Waals surface area contributed by atoms with Crippen LogP contribution >= 0.6 is 22.9 Å². The number of halogens is 1. The maximum absolute atomic E-state index is 12.4. The van der Waals surface area contributed by atoms with Crippen molar-refractivity contribution in [2.45, 2.75) is 6.61 Å². The van der Waals surface area contributed by atoms with Gasteiger partial charge in [-0.05, 0) is 36.4 Å². The number of ketones is 1. The molecule has 2 aromatic carbocycles. The lowest BCUT2D eigenvalue weighted by Crippen LogP contribution is -2.13. The summed E-state index contributed by atoms with van der Waals surface area (Å²) >= 11 is 7.37. The number of benzene rings is 2. The first kappa shape index (κ1) is 18.5. The molecule has 0 unspecified atom stereocenters. The molecule has 0 aliphatic carbocycles. The van der Waals surface area contributed by atoms with E-state index in [4.69, 9.17) is 25.8 Å². The van der Waals surface area contributed by atoms with Crippen LogP contribution in [0.5, 0.6) is 11.5 Å². The highest BCUT2D eigenvalue weighted by Gasteiger charge is 2.23. The van der Waals surface area contributed by atoms with Crippen LogP contribution in [0.25, 0.3) is 10.4 Å². The van der Waals surface area contributed by atoms with Crippen molar-refractivity contribution in [1.82, 2.24) is 0 Å². The Labute approximate surface area is 170 Å². The zero-order chi connectivity index (χ0) is 19.7. The molecule has 0 N–H and O–H groups in total. The van der Waals surface area contributed by atoms with Gasteiger partial charge >= 0.3 is 5.97 Å². The van der Waals surface area contributed by atoms with Crippen LogP contribution in [0.1, 0.15) is 25.6 Å². The highest BCUT2D eigenvalue weighted by molar-refractivity contribution is 7.17. The minimum Gasteiger partial charge on any atom is -0.495 e. The third-order valence-corrected chi connectivity index (χ3v) is 5.82. The Morgan fingerprint density at radius 3 is 2.79 bits per heavy atom. The number of carbonyl (C=O) groups excluding carboxylic acids is 2. The normalized spacial score (nSPS) is 11.8. The molecule has 3 aromatic rings. The number of carbonyl (C=O) groups is 2. The molecule has 0 spiro atoms. The Hall–Kier alpha value is -2.83. The first-order valence-corrected chi connectivity index (χ1v) is 9.65. The third-order valence-electron chi connectivity index (χ3n) is 4.33. The molecule has 1 aliphatic rings. The van der Waals surface area contributed by atoms with E-state index in [2.05, 4.69) is 0 Å². The Morgan fingerprint density at radius 2 is 2.00 bits per heavy atom. The lowest BCUT2D eigenvalue weighted by atomic mass is 10.1. The molecule has 1 aromatic heterocycles. The fourth-order valence-corrected chi connectivity index (χ4v) is 4.27. The summed E-state index contributed by atoms with van der Waals surface area (Å²) in [6.45, 7) is 0.0382. The molecule has 0 fully saturated rings. The van der Waals surface area contributed by atoms with Gasteiger partial charge in [0.25, 0.3) is 0 Å². The zero-order valence-electron chi connectivity index (χ0n) is 14.9. The maximum Gasteiger partial charge on any atom is 0.348 e. The lowest BCUT2D eigenvalue weighted by Gasteiger charge is -2.16. The van der Waals surface area contributed by atoms with E-state index in [1.165, 1.54) is 24.5 Å². The number of thiophene rings is 1. The topological polar surface area (TPSA) is 61.8 Å². The SMILES string of the molecule is COc1ccc(C(=O)COC(=O)c2cc3c(s2)-c2ccccc2OC3)cc1Cl. The van der Waals surface area contributed by atoms with Gasteiger partial charge in [0.1, 0.15) is 23.0 Å². The Bertz CT molecular complexity index is 1070. The second-order valence-electron chi connectivity index (χ2n) is 6.10. The molecule has 0 amide bonds. The van der Waals surface area contributed by atoms with Gasteiger partial charge in [-0.3, -0.25) is 4.79 Å². The molecule has 1 aliphatic heterocycles. The summed E-state index contributed by atoms with van der Waals surface area (Å²) in [4.78, 5) is 26.1. The molecule has 0 saturated heterocycles. The van der Waals surface area contributed by atoms with Crippen LogP contribution in [0.4, 0.5) is 0 Å². The van der Waals surface area contributed by atoms with Crippen molar-refractivity contribution in [3.05, 3.63) is 69.6 Å². The first-order valence-electron chi connectivity index (χ1n) is 8.45. The molecule has 7 heteroatoms. The number of fused-ring (bicyclic) bond motifs is 3. The van der Waals surface area contributed by atoms with Crippen molar-refractivity contribution in [2.24, 2.45) is 0 Å². The number of hydrogen-bond donors (Lipinski definition) is 0. The van der Waals surface area contributed by atoms with Gasteiger partial charge in [-0.25, -0.2) is 4.79 Å². The molecule has 0 saturated carbocycles. The van der Waals surface area contributed by atoms with Gasteiger partial charge in [0.15, 0.2) is 12.4 Å². The van der Waals surface area contributed by atoms with E-state index in [0.29, 0.717) is 27.8 Å². The van der Waals surface area contributed by atoms with Crippen molar-refractivity contribution in [3.8, 4) is 21.9 Å². The summed E-state index contributed by atoms with van der Waals surface area (Å²) in [6, 6.07) is 14.1. The van der Waals surface area contributed by atoms with Crippen LogP contribution in [0.2, 0.25) is 5.02 Å². The van der Waals surface area contributed by atoms with Gasteiger partial charge in [-0.2, -0.15) is 0 Å². The van der Waals surface area contributed by atoms with E-state index >= 15 is 0 Å². The van der Waals surface area contributed by atoms with Crippen LogP contribution in [0, 0.1) is 0 Å². The second-order valence-corrected chi connectivity index (χ2v) is 7.56. The highest BCUT2D eigenvalue weighted by Crippen LogP contribution is 2.42. The fourth-order valence-electron chi connectivity index (χ4n) is 2.93. The minimum atomic E-state index is -0.537. The quantitative estimate of drug-likeness (QED) is 0.434. The lowest BCUT2D eigenvalue weighted by molar-refractivity contribution is 0.0479. The van der Waals surface area contributed by atoms with E-state index in [9.17, 15) is 9.59 Å². The average Bonchev–Trinajstić information content (AvgIpc) is 3.16. The summed E-state index contributed by atoms with van der Waals surface area (Å²) in [6.07, 6.45) is 0. The predicted molar refractivity (Wildman–Crippen MR) is 107 cm³/mol. The third kappa shape index (κ3) is 3.48. The van der Waals surface area contributed by atoms with Crippen molar-refractivity contribution in [2.75, 3.05) is 13.7 Å². The van der Waals surface area contributed by atoms with Crippen molar-refractivity contribution in [3.63, 3.8) is 0 Å². The van der Waals surface area contributed by atoms with Crippen LogP contribution in [0.3, 0.4) is 0 Å². The molecular weight excluding hydrogens is 400 g/mol. The van der Waals surface area contributed by atoms with Crippen LogP contribution in [-0.2, 0) is 11.3 Å². The Balaban J connectivity index is 1.46. The number of hydrogen-bond acceptors (Lipinski definition) is 6. The minimum absolute atomic E-state index is 0.323. The van der Waals surface area contributed by atoms with Gasteiger partial charge in [-0.15, -0.1) is 11.3 Å². The summed E-state index contributed by atoms with van der Waals surface area (Å²) in [5.74, 6) is 0.392. The Morgan fingerprint density at radius 1 is 1.18 bits per heavy atom. The first-order chi connectivity index (χ1) is 13.6. The smallest absolute Gasteiger partial charge is 0.348 e. The number of esters is 1. The molecular formula is C21H15ClO5S. The van der Waals surface area contributed by atoms with E-state index in [-0.39, 0.29) is 12.4 Å². The monoisotopic (exact) mass is 414 g/mol. The van der Waals surface area contributed by atoms with Crippen molar-refractivity contribution >= 4 is 34.7 Å². The molecule has 0 bridgehead atoms. The standard InChI is InChI=1S/C21H15ClO5S/c1-25-18-7-6-12(8-15(18)22)16(23)11-27-21(24)19-9-13-10-26-17-5-3-2-4-14(17)20(13)28-19/h2-9H,10-11H2,1H3. The summed E-state index contributed by atoms with van der Waals surface area (Å²) in [5.41, 5.74) is 2.24. The number of ether oxygens (including phenoxy) is 3. The molecule has 4 rings (SSSR count). The van der Waals surface area contributed by atoms with Crippen LogP contribution < -0.4 is 9.47 Å². The van der Waals surface area contributed by atoms with E-state index in [0.717, 1.165) is 21.8 Å². The average molecular weight is 415 g/mol. The number of Topliss-reactive ketones (excluding diaryl/α,β-unsaturated/α-hetero) is 1. The molecule has 0 atom stereocenters. The van der Waals surface area contributed by atoms with Gasteiger partial charge in [0.05, 0.1) is 12.1 Å². The molecule has 28 heavy (non-hydrogen) atoms. The van der Waals surface area contributed by atoms with Crippen LogP contribution in [0.15, 0.2) is 48.5 Å². The highest BCUT2D eigenvalue weighted by atomic mass is 35.5. The summed E-state index contributed by atoms with van der Waals surface area (Å²) in [5, 5.41) is 0.323. The zero-order valence-corrected chi connectivity index (χ0v) is 16.4. The van der Waals surface area contributed by atoms with Gasteiger partial charge < -0.3 is 14.2 Å². The van der Waals surface area contributed by atoms with E-state index < -0.39 is 5.97 Å². The fraction of sp³-hybridized carbons (Fsp3) is 0.143.